The monoisotopic (exact) mass is 472 g/mol. The van der Waals surface area contributed by atoms with E-state index in [-0.39, 0.29) is 17.6 Å². The summed E-state index contributed by atoms with van der Waals surface area (Å²) in [7, 11) is 0. The van der Waals surface area contributed by atoms with Gasteiger partial charge in [0.15, 0.2) is 0 Å². The Morgan fingerprint density at radius 1 is 1.07 bits per heavy atom. The number of carbonyl (C=O) groups is 2. The fraction of sp³-hybridized carbons (Fsp3) is 0.333. The van der Waals surface area contributed by atoms with Gasteiger partial charge in [0.25, 0.3) is 0 Å². The summed E-state index contributed by atoms with van der Waals surface area (Å²) in [4.78, 5) is 26.9. The van der Waals surface area contributed by atoms with E-state index in [1.165, 1.54) is 11.8 Å². The van der Waals surface area contributed by atoms with Crippen LogP contribution in [0.4, 0.5) is 0 Å². The zero-order chi connectivity index (χ0) is 21.4. The third-order valence-corrected chi connectivity index (χ3v) is 6.20. The average molecular weight is 474 g/mol. The maximum Gasteiger partial charge on any atom is 0.242 e. The van der Waals surface area contributed by atoms with Gasteiger partial charge in [0.1, 0.15) is 6.04 Å². The molecule has 0 aliphatic carbocycles. The highest BCUT2D eigenvalue weighted by Gasteiger charge is 2.25. The molecule has 0 saturated heterocycles. The molecule has 0 radical (unpaired) electrons. The Hall–Kier alpha value is -1.40. The van der Waals surface area contributed by atoms with Gasteiger partial charge in [-0.15, -0.1) is 11.8 Å². The number of nitrogens with one attached hydrogen (secondary N) is 1. The molecule has 1 N–H and O–H groups in total. The molecule has 4 nitrogen and oxygen atoms in total. The van der Waals surface area contributed by atoms with Crippen molar-refractivity contribution >= 4 is 58.4 Å². The molecule has 2 aromatic carbocycles. The van der Waals surface area contributed by atoms with Crippen molar-refractivity contribution < 1.29 is 9.59 Å². The van der Waals surface area contributed by atoms with Crippen molar-refractivity contribution in [3.8, 4) is 0 Å². The number of thioether (sulfide) groups is 1. The Balaban J connectivity index is 2.06. The van der Waals surface area contributed by atoms with Crippen LogP contribution >= 0.6 is 46.6 Å². The summed E-state index contributed by atoms with van der Waals surface area (Å²) < 4.78 is 0. The van der Waals surface area contributed by atoms with Crippen LogP contribution in [-0.4, -0.2) is 35.1 Å². The number of halogens is 3. The minimum atomic E-state index is -0.591. The Kier molecular flexibility index (Phi) is 9.63. The number of benzene rings is 2. The first-order valence-electron chi connectivity index (χ1n) is 9.15. The molecule has 0 heterocycles. The molecule has 0 spiro atoms. The Morgan fingerprint density at radius 3 is 2.48 bits per heavy atom. The molecule has 0 bridgehead atoms. The van der Waals surface area contributed by atoms with Crippen LogP contribution in [0.25, 0.3) is 0 Å². The number of likely N-dealkylation sites (N-methyl/N-ethyl adjacent to an activating group) is 1. The Bertz CT molecular complexity index is 864. The molecule has 8 heteroatoms. The van der Waals surface area contributed by atoms with Gasteiger partial charge in [-0.05, 0) is 49.2 Å². The molecule has 29 heavy (non-hydrogen) atoms. The van der Waals surface area contributed by atoms with E-state index in [2.05, 4.69) is 5.32 Å². The molecular weight excluding hydrogens is 451 g/mol. The van der Waals surface area contributed by atoms with Gasteiger partial charge in [0.2, 0.25) is 11.8 Å². The van der Waals surface area contributed by atoms with Gasteiger partial charge in [0, 0.05) is 23.9 Å². The van der Waals surface area contributed by atoms with E-state index in [4.69, 9.17) is 34.8 Å². The number of hydrogen-bond acceptors (Lipinski definition) is 3. The molecule has 0 saturated carbocycles. The van der Waals surface area contributed by atoms with Crippen molar-refractivity contribution in [1.82, 2.24) is 10.2 Å². The molecule has 2 aromatic rings. The van der Waals surface area contributed by atoms with Gasteiger partial charge >= 0.3 is 0 Å². The van der Waals surface area contributed by atoms with Crippen LogP contribution in [0.1, 0.15) is 25.0 Å². The van der Waals surface area contributed by atoms with Gasteiger partial charge in [-0.1, -0.05) is 53.0 Å². The van der Waals surface area contributed by atoms with Crippen molar-refractivity contribution in [2.75, 3.05) is 12.3 Å². The minimum absolute atomic E-state index is 0.117. The summed E-state index contributed by atoms with van der Waals surface area (Å²) in [6.07, 6.45) is 0. The van der Waals surface area contributed by atoms with Crippen LogP contribution in [0.5, 0.6) is 0 Å². The zero-order valence-electron chi connectivity index (χ0n) is 16.3. The van der Waals surface area contributed by atoms with Crippen molar-refractivity contribution in [3.05, 3.63) is 68.7 Å². The third kappa shape index (κ3) is 7.41. The largest absolute Gasteiger partial charge is 0.355 e. The van der Waals surface area contributed by atoms with Gasteiger partial charge in [-0.3, -0.25) is 9.59 Å². The van der Waals surface area contributed by atoms with Crippen molar-refractivity contribution in [3.63, 3.8) is 0 Å². The van der Waals surface area contributed by atoms with Crippen LogP contribution in [0.2, 0.25) is 15.1 Å². The molecule has 156 valence electrons. The summed E-state index contributed by atoms with van der Waals surface area (Å²) in [5.74, 6) is 0.555. The predicted molar refractivity (Wildman–Crippen MR) is 123 cm³/mol. The number of amides is 2. The van der Waals surface area contributed by atoms with Crippen molar-refractivity contribution in [1.29, 1.82) is 0 Å². The van der Waals surface area contributed by atoms with E-state index in [9.17, 15) is 9.59 Å². The third-order valence-electron chi connectivity index (χ3n) is 4.24. The fourth-order valence-electron chi connectivity index (χ4n) is 2.71. The summed E-state index contributed by atoms with van der Waals surface area (Å²) in [5, 5.41) is 4.36. The lowest BCUT2D eigenvalue weighted by molar-refractivity contribution is -0.138. The second-order valence-electron chi connectivity index (χ2n) is 6.46. The quantitative estimate of drug-likeness (QED) is 0.528. The Morgan fingerprint density at radius 2 is 1.83 bits per heavy atom. The number of rotatable bonds is 9. The van der Waals surface area contributed by atoms with Crippen molar-refractivity contribution in [2.45, 2.75) is 32.2 Å². The SMILES string of the molecule is CCNC(=O)[C@@H](C)N(Cc1cccc(Cl)c1)C(=O)CSCc1ccc(Cl)c(Cl)c1. The lowest BCUT2D eigenvalue weighted by atomic mass is 10.1. The second-order valence-corrected chi connectivity index (χ2v) is 8.70. The van der Waals surface area contributed by atoms with Crippen LogP contribution < -0.4 is 5.32 Å². The number of hydrogen-bond donors (Lipinski definition) is 1. The zero-order valence-corrected chi connectivity index (χ0v) is 19.3. The molecule has 0 unspecified atom stereocenters. The standard InChI is InChI=1S/C21H23Cl3N2O2S/c1-3-25-21(28)14(2)26(11-15-5-4-6-17(22)9-15)20(27)13-29-12-16-7-8-18(23)19(24)10-16/h4-10,14H,3,11-13H2,1-2H3,(H,25,28)/t14-/m1/s1. The molecule has 0 aliphatic heterocycles. The summed E-state index contributed by atoms with van der Waals surface area (Å²) >= 11 is 19.5. The van der Waals surface area contributed by atoms with Crippen LogP contribution in [0.3, 0.4) is 0 Å². The summed E-state index contributed by atoms with van der Waals surface area (Å²) in [6, 6.07) is 12.1. The van der Waals surface area contributed by atoms with Gasteiger partial charge in [-0.25, -0.2) is 0 Å². The van der Waals surface area contributed by atoms with E-state index in [0.29, 0.717) is 33.9 Å². The Labute approximate surface area is 190 Å². The first kappa shape index (κ1) is 23.9. The molecule has 0 aliphatic rings. The predicted octanol–water partition coefficient (Wildman–Crippen LogP) is 5.43. The highest BCUT2D eigenvalue weighted by molar-refractivity contribution is 7.99. The first-order chi connectivity index (χ1) is 13.8. The highest BCUT2D eigenvalue weighted by Crippen LogP contribution is 2.25. The molecule has 0 fully saturated rings. The highest BCUT2D eigenvalue weighted by atomic mass is 35.5. The number of nitrogens with zero attached hydrogens (tertiary/aromatic N) is 1. The number of carbonyl (C=O) groups excluding carboxylic acids is 2. The van der Waals surface area contributed by atoms with E-state index in [1.807, 2.05) is 25.1 Å². The molecule has 1 atom stereocenters. The maximum absolute atomic E-state index is 12.9. The smallest absolute Gasteiger partial charge is 0.242 e. The summed E-state index contributed by atoms with van der Waals surface area (Å²) in [5.41, 5.74) is 1.85. The van der Waals surface area contributed by atoms with Gasteiger partial charge in [0.05, 0.1) is 15.8 Å². The van der Waals surface area contributed by atoms with E-state index < -0.39 is 6.04 Å². The molecule has 0 aromatic heterocycles. The van der Waals surface area contributed by atoms with Crippen LogP contribution in [-0.2, 0) is 21.9 Å². The fourth-order valence-corrected chi connectivity index (χ4v) is 4.10. The average Bonchev–Trinajstić information content (AvgIpc) is 2.68. The van der Waals surface area contributed by atoms with Crippen LogP contribution in [0, 0.1) is 0 Å². The second kappa shape index (κ2) is 11.7. The lowest BCUT2D eigenvalue weighted by Gasteiger charge is -2.28. The van der Waals surface area contributed by atoms with Gasteiger partial charge < -0.3 is 10.2 Å². The first-order valence-corrected chi connectivity index (χ1v) is 11.4. The lowest BCUT2D eigenvalue weighted by Crippen LogP contribution is -2.48. The van der Waals surface area contributed by atoms with Crippen molar-refractivity contribution in [2.24, 2.45) is 0 Å². The molecular formula is C21H23Cl3N2O2S. The maximum atomic E-state index is 12.9. The molecule has 2 rings (SSSR count). The van der Waals surface area contributed by atoms with E-state index >= 15 is 0 Å². The summed E-state index contributed by atoms with van der Waals surface area (Å²) in [6.45, 7) is 4.40. The van der Waals surface area contributed by atoms with E-state index in [0.717, 1.165) is 11.1 Å². The van der Waals surface area contributed by atoms with Gasteiger partial charge in [-0.2, -0.15) is 0 Å². The molecule has 2 amide bonds. The normalized spacial score (nSPS) is 11.8. The van der Waals surface area contributed by atoms with Crippen LogP contribution in [0.15, 0.2) is 42.5 Å². The topological polar surface area (TPSA) is 49.4 Å². The van der Waals surface area contributed by atoms with E-state index in [1.54, 1.807) is 36.1 Å². The minimum Gasteiger partial charge on any atom is -0.355 e.